The summed E-state index contributed by atoms with van der Waals surface area (Å²) in [5, 5.41) is 4.56. The molecule has 0 saturated carbocycles. The first-order chi connectivity index (χ1) is 20.4. The molecule has 0 heterocycles. The maximum atomic E-state index is 9.80. The minimum Gasteiger partial charge on any atom is -0.416 e. The molecule has 0 rings (SSSR count). The lowest BCUT2D eigenvalue weighted by molar-refractivity contribution is 0.00385. The molecule has 0 fully saturated rings. The average Bonchev–Trinajstić information content (AvgIpc) is 2.87. The van der Waals surface area contributed by atoms with Gasteiger partial charge in [0.15, 0.2) is 25.0 Å². The van der Waals surface area contributed by atoms with Gasteiger partial charge in [-0.15, -0.1) is 0 Å². The van der Waals surface area contributed by atoms with Gasteiger partial charge in [-0.05, 0) is 66.3 Å². The Labute approximate surface area is 284 Å². The van der Waals surface area contributed by atoms with Crippen LogP contribution in [0.15, 0.2) is 5.11 Å². The molecule has 0 aliphatic heterocycles. The lowest BCUT2D eigenvalue weighted by Crippen LogP contribution is -2.56. The largest absolute Gasteiger partial charge is 0.416 e. The molecule has 0 aliphatic rings. The van der Waals surface area contributed by atoms with E-state index in [0.717, 1.165) is 12.8 Å². The summed E-state index contributed by atoms with van der Waals surface area (Å²) in [5.41, 5.74) is 9.80. The lowest BCUT2D eigenvalue weighted by Gasteiger charge is -2.47. The van der Waals surface area contributed by atoms with Crippen molar-refractivity contribution in [3.8, 4) is 0 Å². The molecule has 0 aliphatic carbocycles. The highest BCUT2D eigenvalue weighted by atomic mass is 28.4. The van der Waals surface area contributed by atoms with Gasteiger partial charge in [-0.25, -0.2) is 0 Å². The molecule has 0 spiro atoms. The molecule has 6 nitrogen and oxygen atoms in total. The van der Waals surface area contributed by atoms with Crippen molar-refractivity contribution in [1.29, 1.82) is 0 Å². The number of rotatable bonds is 23. The van der Waals surface area contributed by atoms with Gasteiger partial charge in [0.2, 0.25) is 0 Å². The molecule has 0 aromatic heterocycles. The molecule has 268 valence electrons. The lowest BCUT2D eigenvalue weighted by atomic mass is 10.00. The maximum absolute atomic E-state index is 9.80. The fourth-order valence-corrected chi connectivity index (χ4v) is 8.45. The Morgan fingerprint density at radius 1 is 0.578 bits per heavy atom. The van der Waals surface area contributed by atoms with Gasteiger partial charge in [-0.2, -0.15) is 0 Å². The van der Waals surface area contributed by atoms with E-state index in [1.165, 1.54) is 70.6 Å². The van der Waals surface area contributed by atoms with Crippen LogP contribution in [0.2, 0.25) is 54.4 Å². The minimum absolute atomic E-state index is 0.0178. The molecule has 3 atom stereocenters. The average molecular weight is 686 g/mol. The molecule has 0 aromatic carbocycles. The Morgan fingerprint density at radius 2 is 0.956 bits per heavy atom. The first kappa shape index (κ1) is 44.8. The quantitative estimate of drug-likeness (QED) is 0.0353. The van der Waals surface area contributed by atoms with Crippen molar-refractivity contribution >= 4 is 25.0 Å². The molecule has 0 radical (unpaired) electrons. The van der Waals surface area contributed by atoms with Crippen LogP contribution in [0.4, 0.5) is 0 Å². The van der Waals surface area contributed by atoms with Crippen LogP contribution in [0.5, 0.6) is 0 Å². The normalized spacial score (nSPS) is 15.9. The second kappa shape index (κ2) is 19.7. The fourth-order valence-electron chi connectivity index (χ4n) is 4.72. The van der Waals surface area contributed by atoms with Crippen molar-refractivity contribution in [3.63, 3.8) is 0 Å². The van der Waals surface area contributed by atoms with E-state index in [4.69, 9.17) is 13.3 Å². The van der Waals surface area contributed by atoms with Gasteiger partial charge in [-0.1, -0.05) is 151 Å². The van der Waals surface area contributed by atoms with Crippen LogP contribution in [0.25, 0.3) is 10.4 Å². The van der Waals surface area contributed by atoms with Gasteiger partial charge in [-0.3, -0.25) is 0 Å². The highest BCUT2D eigenvalue weighted by Gasteiger charge is 2.47. The van der Waals surface area contributed by atoms with Gasteiger partial charge in [0.25, 0.3) is 0 Å². The molecule has 3 unspecified atom stereocenters. The molecule has 0 aromatic rings. The number of hydrogen-bond acceptors (Lipinski definition) is 4. The topological polar surface area (TPSA) is 76.5 Å². The first-order valence-electron chi connectivity index (χ1n) is 18.5. The van der Waals surface area contributed by atoms with Crippen LogP contribution in [0, 0.1) is 0 Å². The van der Waals surface area contributed by atoms with Crippen LogP contribution in [-0.2, 0) is 13.3 Å². The van der Waals surface area contributed by atoms with Gasteiger partial charge < -0.3 is 13.3 Å². The van der Waals surface area contributed by atoms with Crippen LogP contribution in [-0.4, -0.2) is 49.8 Å². The van der Waals surface area contributed by atoms with E-state index >= 15 is 0 Å². The smallest absolute Gasteiger partial charge is 0.192 e. The highest BCUT2D eigenvalue weighted by molar-refractivity contribution is 6.75. The molecular formula is C36H79N3O3Si3. The van der Waals surface area contributed by atoms with Crippen LogP contribution in [0.1, 0.15) is 153 Å². The van der Waals surface area contributed by atoms with Crippen molar-refractivity contribution < 1.29 is 13.3 Å². The van der Waals surface area contributed by atoms with Crippen molar-refractivity contribution in [1.82, 2.24) is 0 Å². The van der Waals surface area contributed by atoms with E-state index in [-0.39, 0.29) is 27.3 Å². The van der Waals surface area contributed by atoms with Crippen LogP contribution >= 0.6 is 0 Å². The number of hydrogen-bond donors (Lipinski definition) is 0. The summed E-state index contributed by atoms with van der Waals surface area (Å²) in [7, 11) is -6.44. The number of nitrogens with zero attached hydrogens (tertiary/aromatic N) is 3. The Bertz CT molecular complexity index is 854. The van der Waals surface area contributed by atoms with Crippen molar-refractivity contribution in [3.05, 3.63) is 10.4 Å². The zero-order chi connectivity index (χ0) is 35.2. The Balaban J connectivity index is 6.01. The molecular weight excluding hydrogens is 607 g/mol. The summed E-state index contributed by atoms with van der Waals surface area (Å²) in [6, 6.07) is -0.439. The Morgan fingerprint density at radius 3 is 1.33 bits per heavy atom. The molecule has 45 heavy (non-hydrogen) atoms. The summed E-state index contributed by atoms with van der Waals surface area (Å²) in [4.78, 5) is 3.36. The van der Waals surface area contributed by atoms with E-state index in [9.17, 15) is 5.53 Å². The monoisotopic (exact) mass is 686 g/mol. The SMILES string of the molecule is CCCCCCCCCCCCCCC(O[Si](C)(C)C(C)(C)C)C(O[Si](C)(C)C(C)(C)C)C(CO[Si](C)(C)C(C)(C)C)N=[N+]=[N-]. The van der Waals surface area contributed by atoms with E-state index in [1.807, 2.05) is 0 Å². The predicted molar refractivity (Wildman–Crippen MR) is 206 cm³/mol. The third-order valence-electron chi connectivity index (χ3n) is 11.2. The van der Waals surface area contributed by atoms with E-state index in [2.05, 4.69) is 119 Å². The summed E-state index contributed by atoms with van der Waals surface area (Å²) < 4.78 is 21.2. The van der Waals surface area contributed by atoms with Gasteiger partial charge >= 0.3 is 0 Å². The second-order valence-corrected chi connectivity index (χ2v) is 32.6. The number of azide groups is 1. The predicted octanol–water partition coefficient (Wildman–Crippen LogP) is 13.6. The summed E-state index contributed by atoms with van der Waals surface area (Å²) in [5.74, 6) is 0. The third kappa shape index (κ3) is 16.7. The van der Waals surface area contributed by atoms with Crippen molar-refractivity contribution in [2.75, 3.05) is 6.61 Å². The first-order valence-corrected chi connectivity index (χ1v) is 27.2. The third-order valence-corrected chi connectivity index (χ3v) is 24.7. The minimum atomic E-state index is -2.23. The molecule has 0 N–H and O–H groups in total. The summed E-state index contributed by atoms with van der Waals surface area (Å²) in [6.45, 7) is 36.9. The van der Waals surface area contributed by atoms with Crippen LogP contribution in [0.3, 0.4) is 0 Å². The molecule has 0 amide bonds. The molecule has 0 saturated heterocycles. The zero-order valence-electron chi connectivity index (χ0n) is 33.2. The standard InChI is InChI=1S/C36H79N3O3Si3/c1-17-18-19-20-21-22-23-24-25-26-27-28-29-32(41-44(13,14)35(5,6)7)33(42-45(15,16)36(8,9)10)31(38-39-37)30-40-43(11,12)34(2,3)4/h31-33H,17-30H2,1-16H3. The number of unbranched alkanes of at least 4 members (excludes halogenated alkanes) is 11. The zero-order valence-corrected chi connectivity index (χ0v) is 36.2. The second-order valence-electron chi connectivity index (χ2n) is 18.3. The van der Waals surface area contributed by atoms with E-state index < -0.39 is 31.0 Å². The van der Waals surface area contributed by atoms with Gasteiger partial charge in [0.05, 0.1) is 18.2 Å². The van der Waals surface area contributed by atoms with E-state index in [0.29, 0.717) is 6.61 Å². The summed E-state index contributed by atoms with van der Waals surface area (Å²) in [6.07, 6.45) is 16.3. The summed E-state index contributed by atoms with van der Waals surface area (Å²) >= 11 is 0. The maximum Gasteiger partial charge on any atom is 0.192 e. The molecule has 0 bridgehead atoms. The van der Waals surface area contributed by atoms with Crippen LogP contribution < -0.4 is 0 Å². The van der Waals surface area contributed by atoms with Gasteiger partial charge in [0.1, 0.15) is 0 Å². The molecule has 9 heteroatoms. The Hall–Kier alpha value is -0.159. The highest BCUT2D eigenvalue weighted by Crippen LogP contribution is 2.42. The Kier molecular flexibility index (Phi) is 19.7. The van der Waals surface area contributed by atoms with E-state index in [1.54, 1.807) is 0 Å². The van der Waals surface area contributed by atoms with Crippen molar-refractivity contribution in [2.45, 2.75) is 225 Å². The fraction of sp³-hybridized carbons (Fsp3) is 1.00. The van der Waals surface area contributed by atoms with Crippen molar-refractivity contribution in [2.24, 2.45) is 5.11 Å². The van der Waals surface area contributed by atoms with Gasteiger partial charge in [0, 0.05) is 11.5 Å².